The summed E-state index contributed by atoms with van der Waals surface area (Å²) >= 11 is 0. The van der Waals surface area contributed by atoms with Gasteiger partial charge in [0.25, 0.3) is 0 Å². The molecule has 4 heteroatoms. The third-order valence-corrected chi connectivity index (χ3v) is 3.11. The van der Waals surface area contributed by atoms with Crippen LogP contribution in [0.15, 0.2) is 18.2 Å². The monoisotopic (exact) mass is 219 g/mol. The molecule has 1 saturated carbocycles. The minimum absolute atomic E-state index is 0.0606. The van der Waals surface area contributed by atoms with Crippen molar-refractivity contribution in [1.82, 2.24) is 0 Å². The Morgan fingerprint density at radius 1 is 1.50 bits per heavy atom. The molecule has 0 unspecified atom stereocenters. The zero-order valence-corrected chi connectivity index (χ0v) is 8.96. The SMILES string of the molecule is N#Cc1c(F)cccc1NCC1(N)CCC1. The molecule has 0 bridgehead atoms. The fourth-order valence-corrected chi connectivity index (χ4v) is 1.86. The second-order valence-electron chi connectivity index (χ2n) is 4.34. The van der Waals surface area contributed by atoms with Gasteiger partial charge in [-0.1, -0.05) is 6.07 Å². The molecular weight excluding hydrogens is 205 g/mol. The summed E-state index contributed by atoms with van der Waals surface area (Å²) in [7, 11) is 0. The Kier molecular flexibility index (Phi) is 2.80. The van der Waals surface area contributed by atoms with Crippen LogP contribution >= 0.6 is 0 Å². The topological polar surface area (TPSA) is 61.8 Å². The van der Waals surface area contributed by atoms with E-state index >= 15 is 0 Å². The highest BCUT2D eigenvalue weighted by Gasteiger charge is 2.32. The van der Waals surface area contributed by atoms with Crippen LogP contribution in [0.25, 0.3) is 0 Å². The number of nitrogens with one attached hydrogen (secondary N) is 1. The van der Waals surface area contributed by atoms with Gasteiger partial charge in [0, 0.05) is 12.1 Å². The first-order valence-electron chi connectivity index (χ1n) is 5.36. The molecule has 0 atom stereocenters. The van der Waals surface area contributed by atoms with Crippen LogP contribution in [-0.2, 0) is 0 Å². The Labute approximate surface area is 94.1 Å². The van der Waals surface area contributed by atoms with E-state index in [1.807, 2.05) is 6.07 Å². The van der Waals surface area contributed by atoms with Crippen LogP contribution < -0.4 is 11.1 Å². The number of hydrogen-bond acceptors (Lipinski definition) is 3. The minimum Gasteiger partial charge on any atom is -0.382 e. The summed E-state index contributed by atoms with van der Waals surface area (Å²) in [5.41, 5.74) is 6.45. The van der Waals surface area contributed by atoms with Gasteiger partial charge in [-0.15, -0.1) is 0 Å². The Hall–Kier alpha value is -1.60. The van der Waals surface area contributed by atoms with Gasteiger partial charge in [0.1, 0.15) is 17.4 Å². The number of rotatable bonds is 3. The standard InChI is InChI=1S/C12H14FN3/c13-10-3-1-4-11(9(10)7-14)16-8-12(15)5-2-6-12/h1,3-4,16H,2,5-6,8,15H2. The maximum atomic E-state index is 13.3. The van der Waals surface area contributed by atoms with Crippen LogP contribution in [0.3, 0.4) is 0 Å². The van der Waals surface area contributed by atoms with Crippen molar-refractivity contribution in [3.63, 3.8) is 0 Å². The third-order valence-electron chi connectivity index (χ3n) is 3.11. The summed E-state index contributed by atoms with van der Waals surface area (Å²) in [5, 5.41) is 11.9. The van der Waals surface area contributed by atoms with Crippen molar-refractivity contribution in [3.05, 3.63) is 29.6 Å². The van der Waals surface area contributed by atoms with Gasteiger partial charge in [0.15, 0.2) is 0 Å². The van der Waals surface area contributed by atoms with Crippen LogP contribution in [0, 0.1) is 17.1 Å². The number of anilines is 1. The van der Waals surface area contributed by atoms with E-state index in [2.05, 4.69) is 5.32 Å². The van der Waals surface area contributed by atoms with Crippen LogP contribution in [0.5, 0.6) is 0 Å². The molecule has 16 heavy (non-hydrogen) atoms. The molecule has 84 valence electrons. The minimum atomic E-state index is -0.493. The lowest BCUT2D eigenvalue weighted by molar-refractivity contribution is 0.265. The summed E-state index contributed by atoms with van der Waals surface area (Å²) in [4.78, 5) is 0. The van der Waals surface area contributed by atoms with Crippen LogP contribution in [-0.4, -0.2) is 12.1 Å². The molecule has 1 fully saturated rings. The smallest absolute Gasteiger partial charge is 0.143 e. The summed E-state index contributed by atoms with van der Waals surface area (Å²) in [6.45, 7) is 0.588. The fourth-order valence-electron chi connectivity index (χ4n) is 1.86. The Morgan fingerprint density at radius 3 is 2.81 bits per heavy atom. The molecule has 1 aromatic carbocycles. The van der Waals surface area contributed by atoms with Crippen molar-refractivity contribution in [2.45, 2.75) is 24.8 Å². The summed E-state index contributed by atoms with van der Waals surface area (Å²) < 4.78 is 13.3. The molecule has 0 radical (unpaired) electrons. The van der Waals surface area contributed by atoms with Gasteiger partial charge in [-0.3, -0.25) is 0 Å². The van der Waals surface area contributed by atoms with Crippen molar-refractivity contribution < 1.29 is 4.39 Å². The zero-order chi connectivity index (χ0) is 11.6. The van der Waals surface area contributed by atoms with E-state index in [-0.39, 0.29) is 11.1 Å². The maximum absolute atomic E-state index is 13.3. The average Bonchev–Trinajstić information content (AvgIpc) is 2.24. The molecule has 0 aliphatic heterocycles. The lowest BCUT2D eigenvalue weighted by Crippen LogP contribution is -2.52. The van der Waals surface area contributed by atoms with Crippen molar-refractivity contribution in [2.75, 3.05) is 11.9 Å². The van der Waals surface area contributed by atoms with E-state index in [1.54, 1.807) is 12.1 Å². The van der Waals surface area contributed by atoms with Gasteiger partial charge in [-0.2, -0.15) is 5.26 Å². The molecule has 0 spiro atoms. The third kappa shape index (κ3) is 2.00. The fraction of sp³-hybridized carbons (Fsp3) is 0.417. The summed E-state index contributed by atoms with van der Waals surface area (Å²) in [5.74, 6) is -0.493. The molecule has 3 nitrogen and oxygen atoms in total. The largest absolute Gasteiger partial charge is 0.382 e. The lowest BCUT2D eigenvalue weighted by atomic mass is 9.78. The predicted octanol–water partition coefficient (Wildman–Crippen LogP) is 1.99. The second-order valence-corrected chi connectivity index (χ2v) is 4.34. The normalized spacial score (nSPS) is 17.3. The molecule has 1 aliphatic rings. The molecule has 0 saturated heterocycles. The second kappa shape index (κ2) is 4.11. The van der Waals surface area contributed by atoms with Gasteiger partial charge in [-0.05, 0) is 31.4 Å². The van der Waals surface area contributed by atoms with Crippen LogP contribution in [0.4, 0.5) is 10.1 Å². The van der Waals surface area contributed by atoms with E-state index < -0.39 is 5.82 Å². The van der Waals surface area contributed by atoms with Gasteiger partial charge in [0.2, 0.25) is 0 Å². The molecule has 1 aromatic rings. The molecule has 0 aromatic heterocycles. The molecule has 0 amide bonds. The van der Waals surface area contributed by atoms with Gasteiger partial charge in [-0.25, -0.2) is 4.39 Å². The number of benzene rings is 1. The Bertz CT molecular complexity index is 432. The van der Waals surface area contributed by atoms with Crippen molar-refractivity contribution in [3.8, 4) is 6.07 Å². The summed E-state index contributed by atoms with van der Waals surface area (Å²) in [6.07, 6.45) is 3.11. The van der Waals surface area contributed by atoms with E-state index in [4.69, 9.17) is 11.0 Å². The number of halogens is 1. The molecule has 2 rings (SSSR count). The van der Waals surface area contributed by atoms with Crippen molar-refractivity contribution >= 4 is 5.69 Å². The highest BCUT2D eigenvalue weighted by Crippen LogP contribution is 2.29. The van der Waals surface area contributed by atoms with Gasteiger partial charge in [0.05, 0.1) is 5.69 Å². The van der Waals surface area contributed by atoms with Gasteiger partial charge < -0.3 is 11.1 Å². The summed E-state index contributed by atoms with van der Waals surface area (Å²) in [6, 6.07) is 6.42. The number of hydrogen-bond donors (Lipinski definition) is 2. The van der Waals surface area contributed by atoms with Gasteiger partial charge >= 0.3 is 0 Å². The number of nitrogens with zero attached hydrogens (tertiary/aromatic N) is 1. The van der Waals surface area contributed by atoms with Crippen LogP contribution in [0.1, 0.15) is 24.8 Å². The Balaban J connectivity index is 2.10. The van der Waals surface area contributed by atoms with E-state index in [9.17, 15) is 4.39 Å². The zero-order valence-electron chi connectivity index (χ0n) is 8.96. The first-order valence-corrected chi connectivity index (χ1v) is 5.36. The molecule has 3 N–H and O–H groups in total. The predicted molar refractivity (Wildman–Crippen MR) is 60.4 cm³/mol. The maximum Gasteiger partial charge on any atom is 0.143 e. The average molecular weight is 219 g/mol. The molecule has 1 aliphatic carbocycles. The first kappa shape index (κ1) is 10.9. The van der Waals surface area contributed by atoms with Crippen molar-refractivity contribution in [1.29, 1.82) is 5.26 Å². The van der Waals surface area contributed by atoms with Crippen LogP contribution in [0.2, 0.25) is 0 Å². The number of nitriles is 1. The molecule has 0 heterocycles. The van der Waals surface area contributed by atoms with E-state index in [1.165, 1.54) is 6.07 Å². The van der Waals surface area contributed by atoms with E-state index in [0.29, 0.717) is 12.2 Å². The Morgan fingerprint density at radius 2 is 2.25 bits per heavy atom. The highest BCUT2D eigenvalue weighted by molar-refractivity contribution is 5.58. The quantitative estimate of drug-likeness (QED) is 0.817. The number of nitrogens with two attached hydrogens (primary N) is 1. The highest BCUT2D eigenvalue weighted by atomic mass is 19.1. The molecular formula is C12H14FN3. The first-order chi connectivity index (χ1) is 7.64. The van der Waals surface area contributed by atoms with Crippen molar-refractivity contribution in [2.24, 2.45) is 5.73 Å². The lowest BCUT2D eigenvalue weighted by Gasteiger charge is -2.38. The van der Waals surface area contributed by atoms with E-state index in [0.717, 1.165) is 19.3 Å².